The molecule has 0 radical (unpaired) electrons. The van der Waals surface area contributed by atoms with Crippen molar-refractivity contribution in [3.63, 3.8) is 0 Å². The van der Waals surface area contributed by atoms with Gasteiger partial charge in [0.1, 0.15) is 18.4 Å². The van der Waals surface area contributed by atoms with Crippen LogP contribution < -0.4 is 5.32 Å². The van der Waals surface area contributed by atoms with Crippen molar-refractivity contribution in [3.05, 3.63) is 35.9 Å². The number of nitrogens with one attached hydrogen (secondary N) is 1. The van der Waals surface area contributed by atoms with E-state index < -0.39 is 17.9 Å². The van der Waals surface area contributed by atoms with Crippen LogP contribution in [0, 0.1) is 0 Å². The van der Waals surface area contributed by atoms with E-state index in [4.69, 9.17) is 9.47 Å². The molecule has 6 heteroatoms. The van der Waals surface area contributed by atoms with E-state index in [9.17, 15) is 14.7 Å². The highest BCUT2D eigenvalue weighted by molar-refractivity contribution is 5.69. The van der Waals surface area contributed by atoms with Gasteiger partial charge in [0.2, 0.25) is 0 Å². The number of aliphatic hydroxyl groups is 1. The van der Waals surface area contributed by atoms with Gasteiger partial charge in [-0.3, -0.25) is 10.1 Å². The Balaban J connectivity index is 2.15. The zero-order valence-electron chi connectivity index (χ0n) is 13.9. The van der Waals surface area contributed by atoms with Crippen molar-refractivity contribution in [3.8, 4) is 0 Å². The van der Waals surface area contributed by atoms with Crippen LogP contribution in [0.5, 0.6) is 0 Å². The maximum absolute atomic E-state index is 11.6. The molecule has 0 saturated carbocycles. The number of aliphatic hydroxyl groups excluding tert-OH is 1. The van der Waals surface area contributed by atoms with Crippen LogP contribution >= 0.6 is 0 Å². The molecule has 0 aliphatic rings. The summed E-state index contributed by atoms with van der Waals surface area (Å²) < 4.78 is 10.1. The summed E-state index contributed by atoms with van der Waals surface area (Å²) in [5.41, 5.74) is 0.304. The van der Waals surface area contributed by atoms with Gasteiger partial charge in [0.05, 0.1) is 0 Å². The van der Waals surface area contributed by atoms with E-state index in [1.54, 1.807) is 20.8 Å². The van der Waals surface area contributed by atoms with Crippen LogP contribution in [0.25, 0.3) is 0 Å². The van der Waals surface area contributed by atoms with E-state index in [0.29, 0.717) is 6.42 Å². The molecule has 1 atom stereocenters. The summed E-state index contributed by atoms with van der Waals surface area (Å²) in [7, 11) is 0. The average Bonchev–Trinajstić information content (AvgIpc) is 2.44. The Bertz CT molecular complexity index is 495. The molecule has 2 N–H and O–H groups in total. The molecule has 0 heterocycles. The molecule has 1 amide bonds. The van der Waals surface area contributed by atoms with Gasteiger partial charge in [0.15, 0.2) is 0 Å². The van der Waals surface area contributed by atoms with Crippen molar-refractivity contribution in [2.45, 2.75) is 58.5 Å². The number of alkyl carbamates (subject to hydrolysis) is 1. The first-order valence-corrected chi connectivity index (χ1v) is 7.63. The summed E-state index contributed by atoms with van der Waals surface area (Å²) in [6.07, 6.45) is -0.895. The first-order valence-electron chi connectivity index (χ1n) is 7.63. The Morgan fingerprint density at radius 2 is 1.87 bits per heavy atom. The van der Waals surface area contributed by atoms with Crippen LogP contribution in [0.1, 0.15) is 45.6 Å². The predicted octanol–water partition coefficient (Wildman–Crippen LogP) is 2.74. The lowest BCUT2D eigenvalue weighted by Gasteiger charge is -2.21. The molecule has 0 saturated heterocycles. The molecule has 1 aromatic carbocycles. The van der Waals surface area contributed by atoms with Gasteiger partial charge in [0, 0.05) is 6.42 Å². The Hall–Kier alpha value is -2.08. The first kappa shape index (κ1) is 19.0. The monoisotopic (exact) mass is 323 g/mol. The van der Waals surface area contributed by atoms with Gasteiger partial charge in [-0.15, -0.1) is 0 Å². The van der Waals surface area contributed by atoms with Crippen LogP contribution in [-0.4, -0.2) is 29.0 Å². The molecular weight excluding hydrogens is 298 g/mol. The number of esters is 1. The fourth-order valence-electron chi connectivity index (χ4n) is 1.77. The summed E-state index contributed by atoms with van der Waals surface area (Å²) in [5.74, 6) is -0.335. The number of ether oxygens (including phenoxy) is 2. The van der Waals surface area contributed by atoms with Crippen molar-refractivity contribution in [2.75, 3.05) is 0 Å². The largest absolute Gasteiger partial charge is 0.461 e. The Kier molecular flexibility index (Phi) is 7.54. The first-order chi connectivity index (χ1) is 10.8. The molecule has 6 nitrogen and oxygen atoms in total. The van der Waals surface area contributed by atoms with Crippen molar-refractivity contribution in [1.29, 1.82) is 0 Å². The quantitative estimate of drug-likeness (QED) is 0.595. The van der Waals surface area contributed by atoms with E-state index in [1.807, 2.05) is 30.3 Å². The van der Waals surface area contributed by atoms with Gasteiger partial charge < -0.3 is 14.6 Å². The minimum atomic E-state index is -1.05. The summed E-state index contributed by atoms with van der Waals surface area (Å²) in [6, 6.07) is 9.40. The Morgan fingerprint density at radius 1 is 1.22 bits per heavy atom. The number of carbonyl (C=O) groups excluding carboxylic acids is 2. The number of amides is 1. The summed E-state index contributed by atoms with van der Waals surface area (Å²) in [4.78, 5) is 23.0. The fourth-order valence-corrected chi connectivity index (χ4v) is 1.77. The lowest BCUT2D eigenvalue weighted by Crippen LogP contribution is -2.39. The highest BCUT2D eigenvalue weighted by Gasteiger charge is 2.18. The smallest absolute Gasteiger partial charge is 0.409 e. The van der Waals surface area contributed by atoms with Gasteiger partial charge >= 0.3 is 12.1 Å². The molecular formula is C17H25NO5. The Morgan fingerprint density at radius 3 is 2.48 bits per heavy atom. The van der Waals surface area contributed by atoms with Gasteiger partial charge in [-0.05, 0) is 39.2 Å². The van der Waals surface area contributed by atoms with E-state index in [0.717, 1.165) is 5.56 Å². The molecule has 1 aromatic rings. The molecule has 0 bridgehead atoms. The molecule has 0 fully saturated rings. The SMILES string of the molecule is CC(C)(C)OC(=O)NC(O)CCCC(=O)OCc1ccccc1. The van der Waals surface area contributed by atoms with Crippen LogP contribution in [0.3, 0.4) is 0 Å². The van der Waals surface area contributed by atoms with Crippen molar-refractivity contribution in [2.24, 2.45) is 0 Å². The third-order valence-electron chi connectivity index (χ3n) is 2.78. The van der Waals surface area contributed by atoms with Crippen LogP contribution in [0.4, 0.5) is 4.79 Å². The topological polar surface area (TPSA) is 84.9 Å². The van der Waals surface area contributed by atoms with E-state index in [2.05, 4.69) is 5.32 Å². The lowest BCUT2D eigenvalue weighted by molar-refractivity contribution is -0.145. The molecule has 0 spiro atoms. The van der Waals surface area contributed by atoms with Gasteiger partial charge in [0.25, 0.3) is 0 Å². The van der Waals surface area contributed by atoms with E-state index in [1.165, 1.54) is 0 Å². The zero-order chi connectivity index (χ0) is 17.3. The standard InChI is InChI=1S/C17H25NO5/c1-17(2,3)23-16(21)18-14(19)10-7-11-15(20)22-12-13-8-5-4-6-9-13/h4-6,8-9,14,19H,7,10-12H2,1-3H3,(H,18,21). The number of rotatable bonds is 7. The summed E-state index contributed by atoms with van der Waals surface area (Å²) >= 11 is 0. The Labute approximate surface area is 136 Å². The minimum absolute atomic E-state index is 0.180. The second-order valence-electron chi connectivity index (χ2n) is 6.20. The number of benzene rings is 1. The number of hydrogen-bond acceptors (Lipinski definition) is 5. The maximum Gasteiger partial charge on any atom is 0.409 e. The van der Waals surface area contributed by atoms with Crippen molar-refractivity contribution < 1.29 is 24.2 Å². The van der Waals surface area contributed by atoms with Gasteiger partial charge in [-0.2, -0.15) is 0 Å². The van der Waals surface area contributed by atoms with Crippen LogP contribution in [0.2, 0.25) is 0 Å². The third kappa shape index (κ3) is 9.52. The van der Waals surface area contributed by atoms with E-state index in [-0.39, 0.29) is 25.4 Å². The molecule has 23 heavy (non-hydrogen) atoms. The third-order valence-corrected chi connectivity index (χ3v) is 2.78. The fraction of sp³-hybridized carbons (Fsp3) is 0.529. The maximum atomic E-state index is 11.6. The van der Waals surface area contributed by atoms with Crippen molar-refractivity contribution in [1.82, 2.24) is 5.32 Å². The zero-order valence-corrected chi connectivity index (χ0v) is 13.9. The normalized spacial score (nSPS) is 12.3. The lowest BCUT2D eigenvalue weighted by atomic mass is 10.2. The minimum Gasteiger partial charge on any atom is -0.461 e. The second kappa shape index (κ2) is 9.15. The highest BCUT2D eigenvalue weighted by Crippen LogP contribution is 2.08. The predicted molar refractivity (Wildman–Crippen MR) is 85.5 cm³/mol. The molecule has 0 aromatic heterocycles. The van der Waals surface area contributed by atoms with E-state index >= 15 is 0 Å². The molecule has 1 unspecified atom stereocenters. The summed E-state index contributed by atoms with van der Waals surface area (Å²) in [6.45, 7) is 5.45. The molecule has 128 valence electrons. The average molecular weight is 323 g/mol. The van der Waals surface area contributed by atoms with Crippen LogP contribution in [-0.2, 0) is 20.9 Å². The van der Waals surface area contributed by atoms with Crippen molar-refractivity contribution >= 4 is 12.1 Å². The molecule has 0 aliphatic heterocycles. The molecule has 0 aliphatic carbocycles. The second-order valence-corrected chi connectivity index (χ2v) is 6.20. The molecule has 1 rings (SSSR count). The highest BCUT2D eigenvalue weighted by atomic mass is 16.6. The van der Waals surface area contributed by atoms with Crippen LogP contribution in [0.15, 0.2) is 30.3 Å². The van der Waals surface area contributed by atoms with Gasteiger partial charge in [-0.1, -0.05) is 30.3 Å². The van der Waals surface area contributed by atoms with Gasteiger partial charge in [-0.25, -0.2) is 4.79 Å². The summed E-state index contributed by atoms with van der Waals surface area (Å²) in [5, 5.41) is 12.0. The number of carbonyl (C=O) groups is 2. The number of hydrogen-bond donors (Lipinski definition) is 2.